The molecule has 1 heteroatoms. The van der Waals surface area contributed by atoms with Crippen molar-refractivity contribution in [2.75, 3.05) is 0 Å². The Hall–Kier alpha value is -0.0400. The van der Waals surface area contributed by atoms with Gasteiger partial charge in [-0.1, -0.05) is 46.5 Å². The lowest BCUT2D eigenvalue weighted by Gasteiger charge is -2.26. The van der Waals surface area contributed by atoms with Crippen molar-refractivity contribution in [2.24, 2.45) is 11.8 Å². The maximum Gasteiger partial charge on any atom is 0.0596 e. The van der Waals surface area contributed by atoms with Crippen LogP contribution in [0.2, 0.25) is 0 Å². The third-order valence-corrected chi connectivity index (χ3v) is 2.94. The topological polar surface area (TPSA) is 20.2 Å². The first kappa shape index (κ1) is 13.0. The molecule has 0 saturated carbocycles. The van der Waals surface area contributed by atoms with Crippen LogP contribution >= 0.6 is 0 Å². The van der Waals surface area contributed by atoms with Crippen molar-refractivity contribution in [3.63, 3.8) is 0 Å². The van der Waals surface area contributed by atoms with Crippen LogP contribution in [0, 0.1) is 18.8 Å². The van der Waals surface area contributed by atoms with E-state index in [4.69, 9.17) is 0 Å². The van der Waals surface area contributed by atoms with Gasteiger partial charge in [-0.15, -0.1) is 0 Å². The third-order valence-electron chi connectivity index (χ3n) is 2.94. The summed E-state index contributed by atoms with van der Waals surface area (Å²) in [5.41, 5.74) is 0. The zero-order chi connectivity index (χ0) is 10.3. The molecule has 0 bridgehead atoms. The number of rotatable bonds is 7. The summed E-state index contributed by atoms with van der Waals surface area (Å²) in [7, 11) is 0. The molecule has 3 unspecified atom stereocenters. The molecule has 0 spiro atoms. The minimum Gasteiger partial charge on any atom is -0.393 e. The van der Waals surface area contributed by atoms with Crippen LogP contribution in [-0.2, 0) is 0 Å². The normalized spacial score (nSPS) is 18.2. The molecular formula is C12H25O. The maximum atomic E-state index is 9.94. The Morgan fingerprint density at radius 1 is 1.15 bits per heavy atom. The van der Waals surface area contributed by atoms with Crippen LogP contribution in [-0.4, -0.2) is 11.2 Å². The molecule has 0 fully saturated rings. The highest BCUT2D eigenvalue weighted by molar-refractivity contribution is 4.76. The predicted octanol–water partition coefficient (Wildman–Crippen LogP) is 3.42. The standard InChI is InChI=1S/C12H25O/c1-5-8-9-11(7-3)12(13)10(4)6-2/h10-13H,4-9H2,1-3H3. The van der Waals surface area contributed by atoms with Crippen molar-refractivity contribution in [3.05, 3.63) is 6.92 Å². The molecule has 1 nitrogen and oxygen atoms in total. The summed E-state index contributed by atoms with van der Waals surface area (Å²) in [5, 5.41) is 9.94. The van der Waals surface area contributed by atoms with Crippen LogP contribution in [0.4, 0.5) is 0 Å². The minimum atomic E-state index is -0.193. The molecule has 0 aliphatic heterocycles. The van der Waals surface area contributed by atoms with Crippen LogP contribution in [0.1, 0.15) is 52.9 Å². The number of aliphatic hydroxyl groups is 1. The van der Waals surface area contributed by atoms with E-state index in [0.717, 1.165) is 19.3 Å². The fraction of sp³-hybridized carbons (Fsp3) is 0.917. The Morgan fingerprint density at radius 2 is 1.77 bits per heavy atom. The van der Waals surface area contributed by atoms with Gasteiger partial charge in [0.25, 0.3) is 0 Å². The van der Waals surface area contributed by atoms with Crippen LogP contribution in [0.25, 0.3) is 0 Å². The van der Waals surface area contributed by atoms with Crippen molar-refractivity contribution in [3.8, 4) is 0 Å². The van der Waals surface area contributed by atoms with Crippen LogP contribution in [0.5, 0.6) is 0 Å². The first-order chi connectivity index (χ1) is 6.17. The lowest BCUT2D eigenvalue weighted by Crippen LogP contribution is -2.27. The molecule has 1 N–H and O–H groups in total. The van der Waals surface area contributed by atoms with Gasteiger partial charge in [0.2, 0.25) is 0 Å². The van der Waals surface area contributed by atoms with E-state index in [-0.39, 0.29) is 12.0 Å². The molecule has 0 aliphatic carbocycles. The summed E-state index contributed by atoms with van der Waals surface area (Å²) >= 11 is 0. The van der Waals surface area contributed by atoms with Gasteiger partial charge in [-0.25, -0.2) is 0 Å². The molecule has 0 rings (SSSR count). The van der Waals surface area contributed by atoms with Crippen LogP contribution in [0.3, 0.4) is 0 Å². The number of unbranched alkanes of at least 4 members (excludes halogenated alkanes) is 1. The Bertz CT molecular complexity index is 112. The SMILES string of the molecule is [CH2]C(CC)C(O)C(CC)CCCC. The van der Waals surface area contributed by atoms with Gasteiger partial charge in [-0.2, -0.15) is 0 Å². The van der Waals surface area contributed by atoms with Gasteiger partial charge in [-0.05, 0) is 25.2 Å². The van der Waals surface area contributed by atoms with Gasteiger partial charge < -0.3 is 5.11 Å². The van der Waals surface area contributed by atoms with Gasteiger partial charge in [0.1, 0.15) is 0 Å². The van der Waals surface area contributed by atoms with E-state index in [9.17, 15) is 5.11 Å². The van der Waals surface area contributed by atoms with Crippen molar-refractivity contribution >= 4 is 0 Å². The summed E-state index contributed by atoms with van der Waals surface area (Å²) < 4.78 is 0. The molecule has 0 saturated heterocycles. The van der Waals surface area contributed by atoms with E-state index >= 15 is 0 Å². The average Bonchev–Trinajstić information content (AvgIpc) is 2.17. The zero-order valence-corrected chi connectivity index (χ0v) is 9.42. The van der Waals surface area contributed by atoms with Gasteiger partial charge in [0, 0.05) is 0 Å². The van der Waals surface area contributed by atoms with Gasteiger partial charge in [-0.3, -0.25) is 0 Å². The molecule has 0 aromatic rings. The Balaban J connectivity index is 3.90. The quantitative estimate of drug-likeness (QED) is 0.644. The van der Waals surface area contributed by atoms with Crippen molar-refractivity contribution in [1.82, 2.24) is 0 Å². The highest BCUT2D eigenvalue weighted by Crippen LogP contribution is 2.23. The maximum absolute atomic E-state index is 9.94. The molecule has 0 aromatic heterocycles. The smallest absolute Gasteiger partial charge is 0.0596 e. The third kappa shape index (κ3) is 4.66. The molecule has 3 atom stereocenters. The Labute approximate surface area is 83.5 Å². The number of hydrogen-bond acceptors (Lipinski definition) is 1. The summed E-state index contributed by atoms with van der Waals surface area (Å²) in [6.07, 6.45) is 5.46. The lowest BCUT2D eigenvalue weighted by molar-refractivity contribution is 0.0586. The predicted molar refractivity (Wildman–Crippen MR) is 58.5 cm³/mol. The lowest BCUT2D eigenvalue weighted by atomic mass is 9.85. The van der Waals surface area contributed by atoms with E-state index in [1.807, 2.05) is 0 Å². The molecule has 1 radical (unpaired) electrons. The van der Waals surface area contributed by atoms with Gasteiger partial charge in [0.05, 0.1) is 6.10 Å². The zero-order valence-electron chi connectivity index (χ0n) is 9.42. The number of aliphatic hydroxyl groups excluding tert-OH is 1. The van der Waals surface area contributed by atoms with E-state index in [2.05, 4.69) is 27.7 Å². The highest BCUT2D eigenvalue weighted by atomic mass is 16.3. The van der Waals surface area contributed by atoms with Crippen LogP contribution < -0.4 is 0 Å². The monoisotopic (exact) mass is 185 g/mol. The van der Waals surface area contributed by atoms with Crippen molar-refractivity contribution in [2.45, 2.75) is 59.0 Å². The second-order valence-corrected chi connectivity index (χ2v) is 3.97. The molecule has 79 valence electrons. The van der Waals surface area contributed by atoms with E-state index in [0.29, 0.717) is 5.92 Å². The van der Waals surface area contributed by atoms with Crippen LogP contribution in [0.15, 0.2) is 0 Å². The Kier molecular flexibility index (Phi) is 7.35. The van der Waals surface area contributed by atoms with E-state index in [1.54, 1.807) is 0 Å². The Morgan fingerprint density at radius 3 is 2.15 bits per heavy atom. The minimum absolute atomic E-state index is 0.193. The average molecular weight is 185 g/mol. The molecular weight excluding hydrogens is 160 g/mol. The van der Waals surface area contributed by atoms with E-state index in [1.165, 1.54) is 12.8 Å². The van der Waals surface area contributed by atoms with Gasteiger partial charge >= 0.3 is 0 Å². The second kappa shape index (κ2) is 7.37. The first-order valence-electron chi connectivity index (χ1n) is 5.68. The van der Waals surface area contributed by atoms with Crippen molar-refractivity contribution in [1.29, 1.82) is 0 Å². The largest absolute Gasteiger partial charge is 0.393 e. The summed E-state index contributed by atoms with van der Waals surface area (Å²) in [4.78, 5) is 0. The highest BCUT2D eigenvalue weighted by Gasteiger charge is 2.21. The molecule has 0 amide bonds. The number of hydrogen-bond donors (Lipinski definition) is 1. The molecule has 0 aromatic carbocycles. The first-order valence-corrected chi connectivity index (χ1v) is 5.68. The van der Waals surface area contributed by atoms with Crippen molar-refractivity contribution < 1.29 is 5.11 Å². The molecule has 0 aliphatic rings. The van der Waals surface area contributed by atoms with E-state index < -0.39 is 0 Å². The summed E-state index contributed by atoms with van der Waals surface area (Å²) in [6, 6.07) is 0. The van der Waals surface area contributed by atoms with Gasteiger partial charge in [0.15, 0.2) is 0 Å². The summed E-state index contributed by atoms with van der Waals surface area (Å²) in [5.74, 6) is 0.671. The molecule has 13 heavy (non-hydrogen) atoms. The fourth-order valence-corrected chi connectivity index (χ4v) is 1.71. The summed E-state index contributed by atoms with van der Waals surface area (Å²) in [6.45, 7) is 10.4. The second-order valence-electron chi connectivity index (χ2n) is 3.97. The molecule has 0 heterocycles. The fourth-order valence-electron chi connectivity index (χ4n) is 1.71.